The fourth-order valence-electron chi connectivity index (χ4n) is 3.38. The molecule has 3 rings (SSSR count). The van der Waals surface area contributed by atoms with Crippen LogP contribution < -0.4 is 11.1 Å². The summed E-state index contributed by atoms with van der Waals surface area (Å²) in [5, 5.41) is 3.18. The minimum Gasteiger partial charge on any atom is -0.351 e. The maximum atomic E-state index is 12.3. The molecular formula is C16H23ClN2O. The summed E-state index contributed by atoms with van der Waals surface area (Å²) in [7, 11) is 0. The van der Waals surface area contributed by atoms with Crippen LogP contribution in [0.5, 0.6) is 0 Å². The van der Waals surface area contributed by atoms with Crippen molar-refractivity contribution in [2.75, 3.05) is 0 Å². The fourth-order valence-corrected chi connectivity index (χ4v) is 3.38. The number of hydrogen-bond acceptors (Lipinski definition) is 2. The Balaban J connectivity index is 0.00000147. The van der Waals surface area contributed by atoms with Gasteiger partial charge in [0.25, 0.3) is 0 Å². The maximum Gasteiger partial charge on any atom is 0.240 e. The van der Waals surface area contributed by atoms with E-state index in [1.54, 1.807) is 0 Å². The van der Waals surface area contributed by atoms with Gasteiger partial charge in [0, 0.05) is 6.04 Å². The molecule has 1 amide bonds. The standard InChI is InChI=1S/C16H22N2O.ClH/c17-16(9-3-4-10-16)15(19)18-14-8-7-12-5-1-2-6-13(12)11-14;/h1-2,5-6,14H,3-4,7-11,17H2,(H,18,19);1H. The normalized spacial score (nSPS) is 23.6. The average Bonchev–Trinajstić information content (AvgIpc) is 2.87. The first-order valence-electron chi connectivity index (χ1n) is 7.34. The molecule has 3 N–H and O–H groups in total. The maximum absolute atomic E-state index is 12.3. The van der Waals surface area contributed by atoms with E-state index in [1.165, 1.54) is 11.1 Å². The largest absolute Gasteiger partial charge is 0.351 e. The lowest BCUT2D eigenvalue weighted by molar-refractivity contribution is -0.127. The van der Waals surface area contributed by atoms with Crippen LogP contribution in [0.3, 0.4) is 0 Å². The van der Waals surface area contributed by atoms with Gasteiger partial charge in [-0.2, -0.15) is 0 Å². The van der Waals surface area contributed by atoms with Crippen LogP contribution in [0, 0.1) is 0 Å². The Kier molecular flexibility index (Phi) is 4.71. The quantitative estimate of drug-likeness (QED) is 0.880. The van der Waals surface area contributed by atoms with Crippen molar-refractivity contribution in [1.82, 2.24) is 5.32 Å². The zero-order valence-electron chi connectivity index (χ0n) is 11.7. The summed E-state index contributed by atoms with van der Waals surface area (Å²) in [6.07, 6.45) is 6.86. The molecule has 1 saturated carbocycles. The van der Waals surface area contributed by atoms with Crippen LogP contribution in [-0.2, 0) is 17.6 Å². The minimum absolute atomic E-state index is 0. The van der Waals surface area contributed by atoms with Crippen molar-refractivity contribution >= 4 is 18.3 Å². The van der Waals surface area contributed by atoms with E-state index in [2.05, 4.69) is 29.6 Å². The molecule has 1 aromatic carbocycles. The Hall–Kier alpha value is -1.06. The topological polar surface area (TPSA) is 55.1 Å². The number of rotatable bonds is 2. The molecule has 20 heavy (non-hydrogen) atoms. The smallest absolute Gasteiger partial charge is 0.240 e. The highest BCUT2D eigenvalue weighted by Gasteiger charge is 2.38. The number of halogens is 1. The van der Waals surface area contributed by atoms with Gasteiger partial charge in [-0.3, -0.25) is 4.79 Å². The van der Waals surface area contributed by atoms with Gasteiger partial charge in [0.15, 0.2) is 0 Å². The van der Waals surface area contributed by atoms with E-state index in [0.717, 1.165) is 44.9 Å². The molecule has 2 aliphatic rings. The SMILES string of the molecule is Cl.NC1(C(=O)NC2CCc3ccccc3C2)CCCC1. The summed E-state index contributed by atoms with van der Waals surface area (Å²) in [5.74, 6) is 0.0642. The van der Waals surface area contributed by atoms with E-state index in [0.29, 0.717) is 0 Å². The predicted octanol–water partition coefficient (Wildman–Crippen LogP) is 2.35. The summed E-state index contributed by atoms with van der Waals surface area (Å²) in [5.41, 5.74) is 8.40. The lowest BCUT2D eigenvalue weighted by Crippen LogP contribution is -2.55. The number of fused-ring (bicyclic) bond motifs is 1. The van der Waals surface area contributed by atoms with Gasteiger partial charge in [0.05, 0.1) is 5.54 Å². The fraction of sp³-hybridized carbons (Fsp3) is 0.562. The van der Waals surface area contributed by atoms with Crippen molar-refractivity contribution in [2.24, 2.45) is 5.73 Å². The average molecular weight is 295 g/mol. The third-order valence-electron chi connectivity index (χ3n) is 4.63. The molecule has 0 spiro atoms. The van der Waals surface area contributed by atoms with Crippen molar-refractivity contribution in [3.8, 4) is 0 Å². The van der Waals surface area contributed by atoms with E-state index in [1.807, 2.05) is 0 Å². The molecule has 2 aliphatic carbocycles. The number of carbonyl (C=O) groups is 1. The predicted molar refractivity (Wildman–Crippen MR) is 83.0 cm³/mol. The zero-order chi connectivity index (χ0) is 13.3. The summed E-state index contributed by atoms with van der Waals surface area (Å²) in [6.45, 7) is 0. The van der Waals surface area contributed by atoms with E-state index in [-0.39, 0.29) is 24.4 Å². The van der Waals surface area contributed by atoms with E-state index < -0.39 is 5.54 Å². The van der Waals surface area contributed by atoms with E-state index >= 15 is 0 Å². The Morgan fingerprint density at radius 2 is 1.85 bits per heavy atom. The van der Waals surface area contributed by atoms with Gasteiger partial charge in [-0.1, -0.05) is 37.1 Å². The van der Waals surface area contributed by atoms with Gasteiger partial charge in [0.1, 0.15) is 0 Å². The summed E-state index contributed by atoms with van der Waals surface area (Å²) in [4.78, 5) is 12.3. The number of nitrogens with two attached hydrogens (primary N) is 1. The van der Waals surface area contributed by atoms with Crippen LogP contribution in [0.15, 0.2) is 24.3 Å². The number of nitrogens with one attached hydrogen (secondary N) is 1. The second-order valence-corrected chi connectivity index (χ2v) is 6.05. The van der Waals surface area contributed by atoms with Gasteiger partial charge < -0.3 is 11.1 Å². The Morgan fingerprint density at radius 3 is 2.55 bits per heavy atom. The number of hydrogen-bond donors (Lipinski definition) is 2. The lowest BCUT2D eigenvalue weighted by Gasteiger charge is -2.30. The number of carbonyl (C=O) groups excluding carboxylic acids is 1. The lowest BCUT2D eigenvalue weighted by atomic mass is 9.87. The van der Waals surface area contributed by atoms with Gasteiger partial charge in [-0.25, -0.2) is 0 Å². The van der Waals surface area contributed by atoms with Crippen LogP contribution in [0.2, 0.25) is 0 Å². The van der Waals surface area contributed by atoms with Crippen LogP contribution >= 0.6 is 12.4 Å². The molecule has 4 heteroatoms. The van der Waals surface area contributed by atoms with Gasteiger partial charge >= 0.3 is 0 Å². The van der Waals surface area contributed by atoms with Crippen LogP contribution in [0.1, 0.15) is 43.2 Å². The van der Waals surface area contributed by atoms with Crippen molar-refractivity contribution in [2.45, 2.75) is 56.5 Å². The zero-order valence-corrected chi connectivity index (χ0v) is 12.5. The highest BCUT2D eigenvalue weighted by Crippen LogP contribution is 2.28. The molecule has 0 aromatic heterocycles. The minimum atomic E-state index is -0.600. The molecule has 1 aromatic rings. The molecule has 0 aliphatic heterocycles. The molecule has 0 saturated heterocycles. The number of benzene rings is 1. The van der Waals surface area contributed by atoms with E-state index in [4.69, 9.17) is 5.73 Å². The van der Waals surface area contributed by atoms with Crippen LogP contribution in [-0.4, -0.2) is 17.5 Å². The first-order chi connectivity index (χ1) is 9.17. The van der Waals surface area contributed by atoms with Gasteiger partial charge in [0.2, 0.25) is 5.91 Å². The molecule has 3 nitrogen and oxygen atoms in total. The molecular weight excluding hydrogens is 272 g/mol. The highest BCUT2D eigenvalue weighted by atomic mass is 35.5. The van der Waals surface area contributed by atoms with E-state index in [9.17, 15) is 4.79 Å². The Bertz CT molecular complexity index is 483. The first kappa shape index (κ1) is 15.3. The summed E-state index contributed by atoms with van der Waals surface area (Å²) in [6, 6.07) is 8.77. The van der Waals surface area contributed by atoms with Crippen molar-refractivity contribution in [1.29, 1.82) is 0 Å². The second kappa shape index (κ2) is 6.15. The number of aryl methyl sites for hydroxylation is 1. The highest BCUT2D eigenvalue weighted by molar-refractivity contribution is 5.86. The van der Waals surface area contributed by atoms with Crippen molar-refractivity contribution < 1.29 is 4.79 Å². The first-order valence-corrected chi connectivity index (χ1v) is 7.34. The van der Waals surface area contributed by atoms with Gasteiger partial charge in [-0.05, 0) is 43.2 Å². The molecule has 0 heterocycles. The Morgan fingerprint density at radius 1 is 1.20 bits per heavy atom. The third kappa shape index (κ3) is 2.99. The van der Waals surface area contributed by atoms with Crippen molar-refractivity contribution in [3.05, 3.63) is 35.4 Å². The monoisotopic (exact) mass is 294 g/mol. The molecule has 0 radical (unpaired) electrons. The molecule has 110 valence electrons. The molecule has 1 unspecified atom stereocenters. The molecule has 1 fully saturated rings. The van der Waals surface area contributed by atoms with Crippen LogP contribution in [0.25, 0.3) is 0 Å². The Labute approximate surface area is 126 Å². The second-order valence-electron chi connectivity index (χ2n) is 6.05. The van der Waals surface area contributed by atoms with Crippen molar-refractivity contribution in [3.63, 3.8) is 0 Å². The third-order valence-corrected chi connectivity index (χ3v) is 4.63. The summed E-state index contributed by atoms with van der Waals surface area (Å²) < 4.78 is 0. The molecule has 1 atom stereocenters. The summed E-state index contributed by atoms with van der Waals surface area (Å²) >= 11 is 0. The number of amides is 1. The van der Waals surface area contributed by atoms with Gasteiger partial charge in [-0.15, -0.1) is 12.4 Å². The molecule has 0 bridgehead atoms. The van der Waals surface area contributed by atoms with Crippen LogP contribution in [0.4, 0.5) is 0 Å².